The molecule has 0 saturated carbocycles. The SMILES string of the molecule is CCc1oc(N)nc1-c1ccc(C(C)(C)C)cc1C. The maximum absolute atomic E-state index is 5.66. The molecular formula is C16H22N2O. The molecule has 0 spiro atoms. The molecule has 1 heterocycles. The lowest BCUT2D eigenvalue weighted by atomic mass is 9.85. The Hall–Kier alpha value is -1.77. The molecule has 0 fully saturated rings. The van der Waals surface area contributed by atoms with Crippen molar-refractivity contribution in [3.8, 4) is 11.3 Å². The summed E-state index contributed by atoms with van der Waals surface area (Å²) in [6.07, 6.45) is 0.792. The van der Waals surface area contributed by atoms with Crippen molar-refractivity contribution in [1.82, 2.24) is 4.98 Å². The zero-order valence-electron chi connectivity index (χ0n) is 12.4. The molecular weight excluding hydrogens is 236 g/mol. The van der Waals surface area contributed by atoms with Gasteiger partial charge in [-0.25, -0.2) is 0 Å². The van der Waals surface area contributed by atoms with Gasteiger partial charge in [0.2, 0.25) is 0 Å². The Labute approximate surface area is 114 Å². The van der Waals surface area contributed by atoms with Gasteiger partial charge in [-0.3, -0.25) is 0 Å². The fourth-order valence-electron chi connectivity index (χ4n) is 2.22. The van der Waals surface area contributed by atoms with Gasteiger partial charge in [-0.15, -0.1) is 0 Å². The third-order valence-electron chi connectivity index (χ3n) is 3.38. The van der Waals surface area contributed by atoms with Crippen molar-refractivity contribution in [3.63, 3.8) is 0 Å². The maximum Gasteiger partial charge on any atom is 0.292 e. The van der Waals surface area contributed by atoms with Crippen LogP contribution in [0.3, 0.4) is 0 Å². The first kappa shape index (κ1) is 13.7. The minimum atomic E-state index is 0.153. The zero-order chi connectivity index (χ0) is 14.2. The standard InChI is InChI=1S/C16H22N2O/c1-6-13-14(18-15(17)19-13)12-8-7-11(9-10(12)2)16(3,4)5/h7-9H,6H2,1-5H3,(H2,17,18). The number of aryl methyl sites for hydroxylation is 2. The number of nitrogen functional groups attached to an aromatic ring is 1. The molecule has 0 aliphatic carbocycles. The molecule has 1 aromatic carbocycles. The average Bonchev–Trinajstić information content (AvgIpc) is 2.69. The molecule has 0 unspecified atom stereocenters. The van der Waals surface area contributed by atoms with Crippen LogP contribution in [-0.4, -0.2) is 4.98 Å². The number of rotatable bonds is 2. The summed E-state index contributed by atoms with van der Waals surface area (Å²) >= 11 is 0. The van der Waals surface area contributed by atoms with Gasteiger partial charge in [0, 0.05) is 12.0 Å². The van der Waals surface area contributed by atoms with Crippen molar-refractivity contribution in [3.05, 3.63) is 35.1 Å². The van der Waals surface area contributed by atoms with E-state index in [4.69, 9.17) is 10.2 Å². The molecule has 0 bridgehead atoms. The fraction of sp³-hybridized carbons (Fsp3) is 0.438. The van der Waals surface area contributed by atoms with E-state index >= 15 is 0 Å². The molecule has 0 radical (unpaired) electrons. The third kappa shape index (κ3) is 2.65. The number of hydrogen-bond acceptors (Lipinski definition) is 3. The normalized spacial score (nSPS) is 11.8. The first-order valence-electron chi connectivity index (χ1n) is 6.69. The average molecular weight is 258 g/mol. The molecule has 102 valence electrons. The summed E-state index contributed by atoms with van der Waals surface area (Å²) in [6.45, 7) is 10.8. The van der Waals surface area contributed by atoms with Crippen molar-refractivity contribution >= 4 is 6.01 Å². The number of aromatic nitrogens is 1. The predicted molar refractivity (Wildman–Crippen MR) is 79.2 cm³/mol. The Kier molecular flexibility index (Phi) is 3.40. The van der Waals surface area contributed by atoms with E-state index < -0.39 is 0 Å². The quantitative estimate of drug-likeness (QED) is 0.882. The van der Waals surface area contributed by atoms with Crippen LogP contribution in [0.2, 0.25) is 0 Å². The Balaban J connectivity index is 2.52. The van der Waals surface area contributed by atoms with Crippen molar-refractivity contribution in [2.24, 2.45) is 0 Å². The summed E-state index contributed by atoms with van der Waals surface area (Å²) in [5.41, 5.74) is 10.3. The summed E-state index contributed by atoms with van der Waals surface area (Å²) in [7, 11) is 0. The van der Waals surface area contributed by atoms with Crippen LogP contribution in [0.1, 0.15) is 44.6 Å². The van der Waals surface area contributed by atoms with E-state index in [1.165, 1.54) is 11.1 Å². The number of oxazole rings is 1. The second-order valence-corrected chi connectivity index (χ2v) is 5.96. The van der Waals surface area contributed by atoms with E-state index in [1.54, 1.807) is 0 Å². The van der Waals surface area contributed by atoms with E-state index in [-0.39, 0.29) is 11.4 Å². The molecule has 2 N–H and O–H groups in total. The van der Waals surface area contributed by atoms with Crippen LogP contribution in [0.4, 0.5) is 6.01 Å². The summed E-state index contributed by atoms with van der Waals surface area (Å²) in [5, 5.41) is 0. The lowest BCUT2D eigenvalue weighted by molar-refractivity contribution is 0.530. The van der Waals surface area contributed by atoms with Gasteiger partial charge in [-0.2, -0.15) is 4.98 Å². The van der Waals surface area contributed by atoms with Gasteiger partial charge in [0.15, 0.2) is 0 Å². The van der Waals surface area contributed by atoms with Crippen LogP contribution >= 0.6 is 0 Å². The molecule has 0 amide bonds. The second-order valence-electron chi connectivity index (χ2n) is 5.96. The van der Waals surface area contributed by atoms with Gasteiger partial charge in [-0.05, 0) is 23.5 Å². The van der Waals surface area contributed by atoms with E-state index in [2.05, 4.69) is 50.9 Å². The Bertz CT molecular complexity index is 591. The van der Waals surface area contributed by atoms with Crippen molar-refractivity contribution < 1.29 is 4.42 Å². The number of hydrogen-bond donors (Lipinski definition) is 1. The highest BCUT2D eigenvalue weighted by molar-refractivity contribution is 5.67. The Morgan fingerprint density at radius 1 is 1.26 bits per heavy atom. The summed E-state index contributed by atoms with van der Waals surface area (Å²) < 4.78 is 5.44. The first-order chi connectivity index (χ1) is 8.82. The molecule has 19 heavy (non-hydrogen) atoms. The monoisotopic (exact) mass is 258 g/mol. The molecule has 2 aromatic rings. The summed E-state index contributed by atoms with van der Waals surface area (Å²) in [5.74, 6) is 0.851. The minimum Gasteiger partial charge on any atom is -0.428 e. The van der Waals surface area contributed by atoms with Crippen LogP contribution in [-0.2, 0) is 11.8 Å². The van der Waals surface area contributed by atoms with Gasteiger partial charge < -0.3 is 10.2 Å². The number of nitrogens with zero attached hydrogens (tertiary/aromatic N) is 1. The highest BCUT2D eigenvalue weighted by atomic mass is 16.4. The molecule has 3 nitrogen and oxygen atoms in total. The molecule has 0 aliphatic heterocycles. The van der Waals surface area contributed by atoms with Crippen molar-refractivity contribution in [1.29, 1.82) is 0 Å². The van der Waals surface area contributed by atoms with Gasteiger partial charge in [0.05, 0.1) is 0 Å². The van der Waals surface area contributed by atoms with E-state index in [0.29, 0.717) is 0 Å². The van der Waals surface area contributed by atoms with Crippen LogP contribution < -0.4 is 5.73 Å². The van der Waals surface area contributed by atoms with Crippen LogP contribution in [0.15, 0.2) is 22.6 Å². The molecule has 1 aromatic heterocycles. The number of benzene rings is 1. The minimum absolute atomic E-state index is 0.153. The molecule has 2 rings (SSSR count). The van der Waals surface area contributed by atoms with Crippen molar-refractivity contribution in [2.75, 3.05) is 5.73 Å². The first-order valence-corrected chi connectivity index (χ1v) is 6.69. The lowest BCUT2D eigenvalue weighted by Crippen LogP contribution is -2.11. The topological polar surface area (TPSA) is 52.0 Å². The van der Waals surface area contributed by atoms with Crippen LogP contribution in [0.25, 0.3) is 11.3 Å². The lowest BCUT2D eigenvalue weighted by Gasteiger charge is -2.20. The van der Waals surface area contributed by atoms with E-state index in [1.807, 2.05) is 6.92 Å². The van der Waals surface area contributed by atoms with E-state index in [9.17, 15) is 0 Å². The maximum atomic E-state index is 5.66. The Morgan fingerprint density at radius 3 is 2.47 bits per heavy atom. The smallest absolute Gasteiger partial charge is 0.292 e. The van der Waals surface area contributed by atoms with Gasteiger partial charge >= 0.3 is 0 Å². The number of nitrogens with two attached hydrogens (primary N) is 1. The van der Waals surface area contributed by atoms with Gasteiger partial charge in [0.1, 0.15) is 11.5 Å². The highest BCUT2D eigenvalue weighted by Crippen LogP contribution is 2.31. The highest BCUT2D eigenvalue weighted by Gasteiger charge is 2.18. The summed E-state index contributed by atoms with van der Waals surface area (Å²) in [4.78, 5) is 4.32. The van der Waals surface area contributed by atoms with E-state index in [0.717, 1.165) is 23.4 Å². The zero-order valence-corrected chi connectivity index (χ0v) is 12.4. The van der Waals surface area contributed by atoms with Crippen LogP contribution in [0.5, 0.6) is 0 Å². The Morgan fingerprint density at radius 2 is 1.95 bits per heavy atom. The summed E-state index contributed by atoms with van der Waals surface area (Å²) in [6, 6.07) is 6.74. The molecule has 3 heteroatoms. The number of anilines is 1. The molecule has 0 atom stereocenters. The predicted octanol–water partition coefficient (Wildman–Crippen LogP) is 4.09. The third-order valence-corrected chi connectivity index (χ3v) is 3.38. The largest absolute Gasteiger partial charge is 0.428 e. The second kappa shape index (κ2) is 4.72. The molecule has 0 saturated heterocycles. The molecule has 0 aliphatic rings. The van der Waals surface area contributed by atoms with Gasteiger partial charge in [0.25, 0.3) is 6.01 Å². The van der Waals surface area contributed by atoms with Crippen molar-refractivity contribution in [2.45, 2.75) is 46.5 Å². The van der Waals surface area contributed by atoms with Gasteiger partial charge in [-0.1, -0.05) is 45.9 Å². The van der Waals surface area contributed by atoms with Crippen LogP contribution in [0, 0.1) is 6.92 Å². The fourth-order valence-corrected chi connectivity index (χ4v) is 2.22.